The predicted octanol–water partition coefficient (Wildman–Crippen LogP) is 2.05. The van der Waals surface area contributed by atoms with Gasteiger partial charge in [-0.05, 0) is 31.6 Å². The summed E-state index contributed by atoms with van der Waals surface area (Å²) in [5, 5.41) is 10.3. The maximum atomic E-state index is 12.8. The van der Waals surface area contributed by atoms with Gasteiger partial charge in [-0.25, -0.2) is 9.97 Å². The maximum absolute atomic E-state index is 12.8. The Hall–Kier alpha value is -2.90. The number of amides is 1. The van der Waals surface area contributed by atoms with Gasteiger partial charge in [-0.15, -0.1) is 0 Å². The van der Waals surface area contributed by atoms with Gasteiger partial charge in [0.1, 0.15) is 17.8 Å². The summed E-state index contributed by atoms with van der Waals surface area (Å²) in [7, 11) is 0. The molecule has 128 valence electrons. The molecule has 8 nitrogen and oxygen atoms in total. The average molecular weight is 337 g/mol. The molecular weight excluding hydrogens is 318 g/mol. The van der Waals surface area contributed by atoms with Crippen molar-refractivity contribution < 1.29 is 4.79 Å². The van der Waals surface area contributed by atoms with Crippen molar-refractivity contribution >= 4 is 28.6 Å². The summed E-state index contributed by atoms with van der Waals surface area (Å²) in [5.41, 5.74) is 8.27. The number of carbonyl (C=O) groups excluding carboxylic acids is 1. The number of aryl methyl sites for hydroxylation is 1. The van der Waals surface area contributed by atoms with E-state index in [2.05, 4.69) is 37.0 Å². The first kappa shape index (κ1) is 14.4. The highest BCUT2D eigenvalue weighted by atomic mass is 16.1. The molecule has 3 aliphatic carbocycles. The molecule has 3 saturated carbocycles. The lowest BCUT2D eigenvalue weighted by Gasteiger charge is -2.68. The molecule has 2 bridgehead atoms. The van der Waals surface area contributed by atoms with Gasteiger partial charge in [0.25, 0.3) is 5.91 Å². The molecule has 3 fully saturated rings. The summed E-state index contributed by atoms with van der Waals surface area (Å²) in [6.07, 6.45) is 5.63. The molecule has 3 aromatic heterocycles. The van der Waals surface area contributed by atoms with E-state index in [1.54, 1.807) is 6.07 Å². The average Bonchev–Trinajstić information content (AvgIpc) is 3.11. The third-order valence-electron chi connectivity index (χ3n) is 6.07. The van der Waals surface area contributed by atoms with E-state index in [9.17, 15) is 4.79 Å². The summed E-state index contributed by atoms with van der Waals surface area (Å²) in [4.78, 5) is 21.4. The van der Waals surface area contributed by atoms with E-state index in [0.29, 0.717) is 28.5 Å². The Morgan fingerprint density at radius 1 is 1.44 bits per heavy atom. The van der Waals surface area contributed by atoms with Crippen LogP contribution in [0.2, 0.25) is 0 Å². The molecule has 0 radical (unpaired) electrons. The molecule has 0 saturated heterocycles. The second kappa shape index (κ2) is 4.59. The highest BCUT2D eigenvalue weighted by Crippen LogP contribution is 2.67. The van der Waals surface area contributed by atoms with Gasteiger partial charge < -0.3 is 15.6 Å². The molecule has 3 aliphatic rings. The number of carbonyl (C=O) groups is 1. The normalized spacial score (nSPS) is 27.0. The van der Waals surface area contributed by atoms with E-state index < -0.39 is 0 Å². The molecular formula is C17H19N7O. The van der Waals surface area contributed by atoms with Gasteiger partial charge in [0.15, 0.2) is 5.82 Å². The molecule has 3 aromatic rings. The lowest BCUT2D eigenvalue weighted by molar-refractivity contribution is -0.160. The fourth-order valence-corrected chi connectivity index (χ4v) is 4.37. The Morgan fingerprint density at radius 3 is 2.84 bits per heavy atom. The fourth-order valence-electron chi connectivity index (χ4n) is 4.37. The van der Waals surface area contributed by atoms with Gasteiger partial charge in [0.2, 0.25) is 0 Å². The third kappa shape index (κ3) is 1.76. The van der Waals surface area contributed by atoms with E-state index in [4.69, 9.17) is 5.73 Å². The van der Waals surface area contributed by atoms with Crippen LogP contribution >= 0.6 is 0 Å². The Labute approximate surface area is 143 Å². The molecule has 25 heavy (non-hydrogen) atoms. The van der Waals surface area contributed by atoms with E-state index in [1.807, 2.05) is 13.1 Å². The number of aromatic amines is 1. The molecule has 1 amide bonds. The standard InChI is InChI=1S/C17H19N7O/c1-8-3-12(23-22-8)21-16(25)11-6-24(17-4-10(5-17)9(17)2)15-13(11)14(18)19-7-20-15/h3,6-7,9-10H,4-5H2,1-2H3,(H2,18,19,20)(H2,21,22,23,25)/t9-,10?,17?/m1/s1. The molecule has 8 heteroatoms. The quantitative estimate of drug-likeness (QED) is 0.677. The van der Waals surface area contributed by atoms with Crippen molar-refractivity contribution in [2.24, 2.45) is 11.8 Å². The van der Waals surface area contributed by atoms with Crippen molar-refractivity contribution in [3.05, 3.63) is 29.8 Å². The van der Waals surface area contributed by atoms with Gasteiger partial charge in [-0.3, -0.25) is 9.89 Å². The molecule has 4 N–H and O–H groups in total. The number of H-pyrrole nitrogens is 1. The zero-order valence-corrected chi connectivity index (χ0v) is 14.1. The van der Waals surface area contributed by atoms with E-state index >= 15 is 0 Å². The van der Waals surface area contributed by atoms with E-state index in [1.165, 1.54) is 6.33 Å². The minimum absolute atomic E-state index is 0.0746. The zero-order chi connectivity index (χ0) is 17.3. The van der Waals surface area contributed by atoms with Crippen LogP contribution in [0.4, 0.5) is 11.6 Å². The van der Waals surface area contributed by atoms with Crippen LogP contribution in [0.1, 0.15) is 35.8 Å². The number of aromatic nitrogens is 5. The van der Waals surface area contributed by atoms with Gasteiger partial charge >= 0.3 is 0 Å². The van der Waals surface area contributed by atoms with Gasteiger partial charge in [-0.1, -0.05) is 6.92 Å². The highest BCUT2D eigenvalue weighted by Gasteiger charge is 2.64. The van der Waals surface area contributed by atoms with Crippen molar-refractivity contribution in [1.29, 1.82) is 0 Å². The summed E-state index contributed by atoms with van der Waals surface area (Å²) < 4.78 is 2.15. The van der Waals surface area contributed by atoms with Crippen molar-refractivity contribution in [2.75, 3.05) is 11.1 Å². The number of anilines is 2. The number of nitrogen functional groups attached to an aromatic ring is 1. The summed E-state index contributed by atoms with van der Waals surface area (Å²) in [6.45, 7) is 4.14. The topological polar surface area (TPSA) is 115 Å². The highest BCUT2D eigenvalue weighted by molar-refractivity contribution is 6.14. The van der Waals surface area contributed by atoms with E-state index in [-0.39, 0.29) is 11.4 Å². The molecule has 0 spiro atoms. The number of nitrogens with one attached hydrogen (secondary N) is 2. The van der Waals surface area contributed by atoms with Crippen LogP contribution in [0.15, 0.2) is 18.6 Å². The van der Waals surface area contributed by atoms with Crippen LogP contribution in [0.25, 0.3) is 11.0 Å². The van der Waals surface area contributed by atoms with Crippen LogP contribution in [0.5, 0.6) is 0 Å². The van der Waals surface area contributed by atoms with Gasteiger partial charge in [0.05, 0.1) is 10.9 Å². The maximum Gasteiger partial charge on any atom is 0.259 e. The van der Waals surface area contributed by atoms with Gasteiger partial charge in [-0.2, -0.15) is 5.10 Å². The molecule has 1 atom stereocenters. The van der Waals surface area contributed by atoms with Crippen molar-refractivity contribution in [3.63, 3.8) is 0 Å². The minimum atomic E-state index is -0.254. The molecule has 0 unspecified atom stereocenters. The van der Waals surface area contributed by atoms with Crippen LogP contribution in [0.3, 0.4) is 0 Å². The van der Waals surface area contributed by atoms with Crippen molar-refractivity contribution in [3.8, 4) is 0 Å². The zero-order valence-electron chi connectivity index (χ0n) is 14.1. The number of fused-ring (bicyclic) bond motifs is 1. The number of nitrogens with zero attached hydrogens (tertiary/aromatic N) is 4. The lowest BCUT2D eigenvalue weighted by atomic mass is 9.43. The monoisotopic (exact) mass is 337 g/mol. The van der Waals surface area contributed by atoms with E-state index in [0.717, 1.165) is 30.1 Å². The molecule has 0 aliphatic heterocycles. The number of rotatable bonds is 3. The van der Waals surface area contributed by atoms with Gasteiger partial charge in [0, 0.05) is 23.5 Å². The Balaban J connectivity index is 1.62. The van der Waals surface area contributed by atoms with Crippen molar-refractivity contribution in [1.82, 2.24) is 24.7 Å². The second-order valence-corrected chi connectivity index (χ2v) is 7.32. The summed E-state index contributed by atoms with van der Waals surface area (Å²) in [5.74, 6) is 1.95. The third-order valence-corrected chi connectivity index (χ3v) is 6.07. The van der Waals surface area contributed by atoms with Crippen LogP contribution in [-0.4, -0.2) is 30.6 Å². The first-order valence-electron chi connectivity index (χ1n) is 8.45. The SMILES string of the molecule is Cc1cc(NC(=O)c2cn(C34CC(C3)[C@H]4C)c3ncnc(N)c23)n[nH]1. The second-order valence-electron chi connectivity index (χ2n) is 7.32. The van der Waals surface area contributed by atoms with Crippen LogP contribution in [-0.2, 0) is 5.54 Å². The minimum Gasteiger partial charge on any atom is -0.383 e. The smallest absolute Gasteiger partial charge is 0.259 e. The Kier molecular flexibility index (Phi) is 2.65. The Bertz CT molecular complexity index is 1010. The first-order valence-corrected chi connectivity index (χ1v) is 8.45. The summed E-state index contributed by atoms with van der Waals surface area (Å²) >= 11 is 0. The molecule has 3 heterocycles. The molecule has 6 rings (SSSR count). The molecule has 0 aromatic carbocycles. The predicted molar refractivity (Wildman–Crippen MR) is 93.1 cm³/mol. The van der Waals surface area contributed by atoms with Crippen LogP contribution in [0, 0.1) is 18.8 Å². The Morgan fingerprint density at radius 2 is 2.24 bits per heavy atom. The fraction of sp³-hybridized carbons (Fsp3) is 0.412. The number of nitrogens with two attached hydrogens (primary N) is 1. The number of hydrogen-bond donors (Lipinski definition) is 3. The number of hydrogen-bond acceptors (Lipinski definition) is 5. The lowest BCUT2D eigenvalue weighted by Crippen LogP contribution is -2.66. The summed E-state index contributed by atoms with van der Waals surface area (Å²) in [6, 6.07) is 1.78. The first-order chi connectivity index (χ1) is 12.0. The largest absolute Gasteiger partial charge is 0.383 e. The van der Waals surface area contributed by atoms with Crippen LogP contribution < -0.4 is 11.1 Å². The van der Waals surface area contributed by atoms with Crippen molar-refractivity contribution in [2.45, 2.75) is 32.2 Å².